The van der Waals surface area contributed by atoms with E-state index < -0.39 is 0 Å². The molecule has 4 saturated carbocycles. The summed E-state index contributed by atoms with van der Waals surface area (Å²) in [6, 6.07) is 12.3. The number of ether oxygens (including phenoxy) is 1. The normalized spacial score (nSPS) is 32.0. The maximum atomic E-state index is 12.9. The van der Waals surface area contributed by atoms with Crippen LogP contribution in [0.25, 0.3) is 11.8 Å². The van der Waals surface area contributed by atoms with Crippen LogP contribution in [-0.2, 0) is 14.9 Å². The first-order valence-electron chi connectivity index (χ1n) is 12.8. The van der Waals surface area contributed by atoms with Crippen LogP contribution >= 0.6 is 0 Å². The minimum absolute atomic E-state index is 0.0484. The molecule has 0 spiro atoms. The molecule has 34 heavy (non-hydrogen) atoms. The van der Waals surface area contributed by atoms with Crippen molar-refractivity contribution >= 4 is 12.0 Å². The van der Waals surface area contributed by atoms with Crippen LogP contribution in [0.3, 0.4) is 0 Å². The van der Waals surface area contributed by atoms with E-state index in [2.05, 4.69) is 11.4 Å². The Morgan fingerprint density at radius 2 is 1.88 bits per heavy atom. The van der Waals surface area contributed by atoms with Crippen LogP contribution in [0.2, 0.25) is 0 Å². The van der Waals surface area contributed by atoms with Crippen LogP contribution in [0.1, 0.15) is 62.6 Å². The summed E-state index contributed by atoms with van der Waals surface area (Å²) in [6.45, 7) is 1.19. The number of aromatic nitrogens is 2. The first-order chi connectivity index (χ1) is 16.6. The highest BCUT2D eigenvalue weighted by Gasteiger charge is 2.53. The number of para-hydroxylation sites is 1. The van der Waals surface area contributed by atoms with E-state index in [0.717, 1.165) is 54.1 Å². The van der Waals surface area contributed by atoms with Crippen molar-refractivity contribution in [2.24, 2.45) is 17.8 Å². The Kier molecular flexibility index (Phi) is 5.53. The summed E-state index contributed by atoms with van der Waals surface area (Å²) in [4.78, 5) is 12.9. The minimum Gasteiger partial charge on any atom is -0.376 e. The van der Waals surface area contributed by atoms with Gasteiger partial charge in [-0.1, -0.05) is 18.2 Å². The second kappa shape index (κ2) is 8.70. The molecule has 2 heterocycles. The third-order valence-corrected chi connectivity index (χ3v) is 8.48. The van der Waals surface area contributed by atoms with Crippen molar-refractivity contribution in [3.8, 4) is 11.8 Å². The maximum absolute atomic E-state index is 12.9. The van der Waals surface area contributed by atoms with Crippen molar-refractivity contribution < 1.29 is 9.53 Å². The van der Waals surface area contributed by atoms with E-state index in [0.29, 0.717) is 6.54 Å². The van der Waals surface area contributed by atoms with E-state index in [4.69, 9.17) is 9.84 Å². The Bertz CT molecular complexity index is 1100. The van der Waals surface area contributed by atoms with Gasteiger partial charge in [-0.05, 0) is 87.3 Å². The zero-order valence-electron chi connectivity index (χ0n) is 19.6. The summed E-state index contributed by atoms with van der Waals surface area (Å²) in [5.41, 5.74) is 3.19. The second-order valence-corrected chi connectivity index (χ2v) is 10.9. The molecule has 1 N–H and O–H groups in total. The number of nitriles is 1. The fraction of sp³-hybridized carbons (Fsp3) is 0.536. The van der Waals surface area contributed by atoms with Gasteiger partial charge in [-0.25, -0.2) is 4.68 Å². The highest BCUT2D eigenvalue weighted by Crippen LogP contribution is 2.61. The van der Waals surface area contributed by atoms with Crippen molar-refractivity contribution in [1.29, 1.82) is 5.26 Å². The summed E-state index contributed by atoms with van der Waals surface area (Å²) >= 11 is 0. The Morgan fingerprint density at radius 1 is 1.18 bits per heavy atom. The molecule has 6 heteroatoms. The van der Waals surface area contributed by atoms with Gasteiger partial charge in [-0.2, -0.15) is 10.4 Å². The predicted octanol–water partition coefficient (Wildman–Crippen LogP) is 4.54. The fourth-order valence-corrected chi connectivity index (χ4v) is 7.43. The highest BCUT2D eigenvalue weighted by molar-refractivity contribution is 6.01. The number of amides is 1. The molecular weight excluding hydrogens is 424 g/mol. The third-order valence-electron chi connectivity index (χ3n) is 8.48. The average Bonchev–Trinajstić information content (AvgIpc) is 3.51. The number of nitrogens with one attached hydrogen (secondary N) is 1. The van der Waals surface area contributed by atoms with Crippen molar-refractivity contribution in [3.05, 3.63) is 53.4 Å². The summed E-state index contributed by atoms with van der Waals surface area (Å²) in [5.74, 6) is 2.03. The van der Waals surface area contributed by atoms with Crippen LogP contribution in [-0.4, -0.2) is 34.9 Å². The Balaban J connectivity index is 1.35. The number of carbonyl (C=O) groups is 1. The number of hydrogen-bond acceptors (Lipinski definition) is 4. The number of hydrogen-bond donors (Lipinski definition) is 1. The lowest BCUT2D eigenvalue weighted by atomic mass is 9.48. The van der Waals surface area contributed by atoms with Crippen molar-refractivity contribution in [3.63, 3.8) is 0 Å². The standard InChI is InChI=1S/C28H32N4O2/c29-16-22(27(33)30-17-25-7-4-8-34-25)12-23-18-32(24-5-2-1-3-6-24)31-26(23)28-13-19-9-20(14-28)11-21(10-19)15-28/h1-3,5-6,12,18-21,25H,4,7-11,13-15,17H2,(H,30,33)/b22-12-. The smallest absolute Gasteiger partial charge is 0.262 e. The molecule has 4 bridgehead atoms. The zero-order valence-corrected chi connectivity index (χ0v) is 19.6. The van der Waals surface area contributed by atoms with Gasteiger partial charge >= 0.3 is 0 Å². The highest BCUT2D eigenvalue weighted by atomic mass is 16.5. The van der Waals surface area contributed by atoms with Crippen LogP contribution in [0, 0.1) is 29.1 Å². The van der Waals surface area contributed by atoms with E-state index in [1.165, 1.54) is 38.5 Å². The minimum atomic E-state index is -0.332. The van der Waals surface area contributed by atoms with Gasteiger partial charge in [-0.15, -0.1) is 0 Å². The molecule has 6 nitrogen and oxygen atoms in total. The predicted molar refractivity (Wildman–Crippen MR) is 129 cm³/mol. The Morgan fingerprint density at radius 3 is 2.50 bits per heavy atom. The number of rotatable bonds is 6. The van der Waals surface area contributed by atoms with Crippen LogP contribution in [0.15, 0.2) is 42.1 Å². The fourth-order valence-electron chi connectivity index (χ4n) is 7.43. The Labute approximate surface area is 201 Å². The maximum Gasteiger partial charge on any atom is 0.262 e. The van der Waals surface area contributed by atoms with E-state index in [1.807, 2.05) is 41.2 Å². The first kappa shape index (κ1) is 21.6. The summed E-state index contributed by atoms with van der Waals surface area (Å²) < 4.78 is 7.54. The van der Waals surface area contributed by atoms with Gasteiger partial charge in [0.1, 0.15) is 11.6 Å². The molecule has 1 saturated heterocycles. The van der Waals surface area contributed by atoms with Gasteiger partial charge in [0.15, 0.2) is 0 Å². The summed E-state index contributed by atoms with van der Waals surface area (Å²) in [7, 11) is 0. The molecule has 1 aliphatic heterocycles. The molecule has 0 radical (unpaired) electrons. The Hall–Kier alpha value is -2.91. The topological polar surface area (TPSA) is 79.9 Å². The van der Waals surface area contributed by atoms with Crippen molar-refractivity contribution in [2.75, 3.05) is 13.2 Å². The molecule has 1 amide bonds. The second-order valence-electron chi connectivity index (χ2n) is 10.9. The van der Waals surface area contributed by atoms with Gasteiger partial charge in [0.05, 0.1) is 17.5 Å². The molecule has 1 aromatic carbocycles. The average molecular weight is 457 g/mol. The van der Waals surface area contributed by atoms with Crippen LogP contribution in [0.5, 0.6) is 0 Å². The lowest BCUT2D eigenvalue weighted by Crippen LogP contribution is -2.49. The van der Waals surface area contributed by atoms with E-state index in [9.17, 15) is 10.1 Å². The first-order valence-corrected chi connectivity index (χ1v) is 12.8. The van der Waals surface area contributed by atoms with Gasteiger partial charge < -0.3 is 10.1 Å². The third kappa shape index (κ3) is 3.96. The zero-order chi connectivity index (χ0) is 23.1. The van der Waals surface area contributed by atoms with E-state index in [1.54, 1.807) is 6.08 Å². The monoisotopic (exact) mass is 456 g/mol. The lowest BCUT2D eigenvalue weighted by molar-refractivity contribution is -0.117. The van der Waals surface area contributed by atoms with E-state index >= 15 is 0 Å². The number of benzene rings is 1. The van der Waals surface area contributed by atoms with Gasteiger partial charge in [0, 0.05) is 30.3 Å². The molecule has 4 aliphatic carbocycles. The molecule has 176 valence electrons. The lowest BCUT2D eigenvalue weighted by Gasteiger charge is -2.56. The van der Waals surface area contributed by atoms with Crippen LogP contribution < -0.4 is 5.32 Å². The van der Waals surface area contributed by atoms with Crippen molar-refractivity contribution in [2.45, 2.75) is 62.9 Å². The number of carbonyl (C=O) groups excluding carboxylic acids is 1. The van der Waals surface area contributed by atoms with Gasteiger partial charge in [-0.3, -0.25) is 4.79 Å². The van der Waals surface area contributed by atoms with Gasteiger partial charge in [0.25, 0.3) is 5.91 Å². The molecular formula is C28H32N4O2. The molecule has 5 aliphatic rings. The largest absolute Gasteiger partial charge is 0.376 e. The van der Waals surface area contributed by atoms with Crippen LogP contribution in [0.4, 0.5) is 0 Å². The molecule has 1 unspecified atom stereocenters. The van der Waals surface area contributed by atoms with E-state index in [-0.39, 0.29) is 23.0 Å². The summed E-state index contributed by atoms with van der Waals surface area (Å²) in [6.07, 6.45) is 13.4. The van der Waals surface area contributed by atoms with Crippen molar-refractivity contribution in [1.82, 2.24) is 15.1 Å². The summed E-state index contributed by atoms with van der Waals surface area (Å²) in [5, 5.41) is 17.9. The molecule has 1 atom stereocenters. The molecule has 5 fully saturated rings. The quantitative estimate of drug-likeness (QED) is 0.511. The number of nitrogens with zero attached hydrogens (tertiary/aromatic N) is 3. The molecule has 2 aromatic rings. The SMILES string of the molecule is N#C/C(=C/c1cn(-c2ccccc2)nc1C12CC3CC(CC(C3)C1)C2)C(=O)NCC1CCCO1. The molecule has 1 aromatic heterocycles. The van der Waals surface area contributed by atoms with Gasteiger partial charge in [0.2, 0.25) is 0 Å². The molecule has 7 rings (SSSR count).